The molecule has 1 atom stereocenters. The minimum absolute atomic E-state index is 0.0427. The summed E-state index contributed by atoms with van der Waals surface area (Å²) in [6, 6.07) is 0. The van der Waals surface area contributed by atoms with Gasteiger partial charge in [-0.1, -0.05) is 12.2 Å². The van der Waals surface area contributed by atoms with Gasteiger partial charge in [0.2, 0.25) is 0 Å². The Morgan fingerprint density at radius 1 is 1.56 bits per heavy atom. The van der Waals surface area contributed by atoms with Crippen molar-refractivity contribution < 1.29 is 14.7 Å². The lowest BCUT2D eigenvalue weighted by Crippen LogP contribution is -2.13. The van der Waals surface area contributed by atoms with Crippen LogP contribution in [0.4, 0.5) is 0 Å². The fourth-order valence-electron chi connectivity index (χ4n) is 1.60. The largest absolute Gasteiger partial charge is 0.478 e. The van der Waals surface area contributed by atoms with Crippen LogP contribution >= 0.6 is 0 Å². The van der Waals surface area contributed by atoms with Gasteiger partial charge >= 0.3 is 5.97 Å². The van der Waals surface area contributed by atoms with Crippen molar-refractivity contribution in [1.82, 2.24) is 9.97 Å². The van der Waals surface area contributed by atoms with Crippen LogP contribution in [0, 0.1) is 0 Å². The lowest BCUT2D eigenvalue weighted by molar-refractivity contribution is -0.132. The van der Waals surface area contributed by atoms with E-state index in [1.165, 1.54) is 6.08 Å². The number of aromatic nitrogens is 2. The number of nitrogens with zero attached hydrogens (tertiary/aromatic N) is 1. The summed E-state index contributed by atoms with van der Waals surface area (Å²) in [6.45, 7) is 0. The normalized spacial score (nSPS) is 19.1. The summed E-state index contributed by atoms with van der Waals surface area (Å²) >= 11 is 0. The zero-order valence-corrected chi connectivity index (χ0v) is 8.18. The standard InChI is InChI=1S/C11H8N2O3/c14-6-9-7(10-12-4-5-13-10)2-1-3-8(9)11(15)16/h1-5,7H,(H,12,13)(H,15,16). The molecular formula is C11H8N2O3. The second-order valence-electron chi connectivity index (χ2n) is 3.24. The number of H-pyrrole nitrogens is 1. The predicted octanol–water partition coefficient (Wildman–Crippen LogP) is 0.832. The van der Waals surface area contributed by atoms with E-state index in [1.807, 2.05) is 0 Å². The Morgan fingerprint density at radius 2 is 2.38 bits per heavy atom. The second-order valence-corrected chi connectivity index (χ2v) is 3.24. The third-order valence-corrected chi connectivity index (χ3v) is 2.32. The van der Waals surface area contributed by atoms with Gasteiger partial charge in [-0.2, -0.15) is 0 Å². The van der Waals surface area contributed by atoms with Gasteiger partial charge in [-0.25, -0.2) is 14.6 Å². The van der Waals surface area contributed by atoms with Gasteiger partial charge in [0.15, 0.2) is 0 Å². The monoisotopic (exact) mass is 216 g/mol. The Balaban J connectivity index is 2.45. The highest BCUT2D eigenvalue weighted by Crippen LogP contribution is 2.30. The van der Waals surface area contributed by atoms with Crippen LogP contribution < -0.4 is 0 Å². The molecule has 2 N–H and O–H groups in total. The summed E-state index contributed by atoms with van der Waals surface area (Å²) in [5, 5.41) is 8.92. The molecule has 0 fully saturated rings. The molecule has 1 unspecified atom stereocenters. The summed E-state index contributed by atoms with van der Waals surface area (Å²) < 4.78 is 0. The maximum Gasteiger partial charge on any atom is 0.336 e. The van der Waals surface area contributed by atoms with Gasteiger partial charge in [-0.3, -0.25) is 0 Å². The number of carboxylic acids is 1. The Kier molecular flexibility index (Phi) is 2.54. The molecule has 1 heterocycles. The van der Waals surface area contributed by atoms with Crippen molar-refractivity contribution in [3.05, 3.63) is 47.6 Å². The van der Waals surface area contributed by atoms with Gasteiger partial charge in [0.05, 0.1) is 17.1 Å². The molecule has 1 aromatic heterocycles. The first-order chi connectivity index (χ1) is 7.74. The number of aromatic amines is 1. The Hall–Kier alpha value is -2.39. The molecule has 2 rings (SSSR count). The van der Waals surface area contributed by atoms with E-state index in [9.17, 15) is 9.59 Å². The summed E-state index contributed by atoms with van der Waals surface area (Å²) in [5.41, 5.74) is 0.0452. The average molecular weight is 216 g/mol. The fourth-order valence-corrected chi connectivity index (χ4v) is 1.60. The SMILES string of the molecule is O=C=C1C(C(=O)O)=CC=CC1c1ncc[nH]1. The van der Waals surface area contributed by atoms with E-state index in [1.54, 1.807) is 30.5 Å². The summed E-state index contributed by atoms with van der Waals surface area (Å²) in [5.74, 6) is 0.601. The van der Waals surface area contributed by atoms with Crippen LogP contribution in [-0.4, -0.2) is 27.0 Å². The molecule has 0 radical (unpaired) electrons. The Morgan fingerprint density at radius 3 is 2.94 bits per heavy atom. The Labute approximate surface area is 90.8 Å². The minimum atomic E-state index is -1.14. The number of imidazole rings is 1. The van der Waals surface area contributed by atoms with Crippen molar-refractivity contribution in [2.24, 2.45) is 0 Å². The number of nitrogens with one attached hydrogen (secondary N) is 1. The van der Waals surface area contributed by atoms with Gasteiger partial charge in [-0.05, 0) is 6.08 Å². The maximum absolute atomic E-state index is 10.9. The average Bonchev–Trinajstić information content (AvgIpc) is 2.81. The first-order valence-corrected chi connectivity index (χ1v) is 4.60. The van der Waals surface area contributed by atoms with E-state index in [0.29, 0.717) is 5.82 Å². The van der Waals surface area contributed by atoms with Gasteiger partial charge in [0.1, 0.15) is 11.8 Å². The topological polar surface area (TPSA) is 83.1 Å². The van der Waals surface area contributed by atoms with Crippen molar-refractivity contribution in [1.29, 1.82) is 0 Å². The minimum Gasteiger partial charge on any atom is -0.478 e. The van der Waals surface area contributed by atoms with Crippen LogP contribution in [-0.2, 0) is 9.59 Å². The molecule has 0 aromatic carbocycles. The smallest absolute Gasteiger partial charge is 0.336 e. The first kappa shape index (κ1) is 10.1. The molecule has 5 heteroatoms. The van der Waals surface area contributed by atoms with Gasteiger partial charge < -0.3 is 10.1 Å². The molecule has 0 saturated heterocycles. The zero-order valence-electron chi connectivity index (χ0n) is 8.18. The number of hydrogen-bond acceptors (Lipinski definition) is 3. The van der Waals surface area contributed by atoms with E-state index in [2.05, 4.69) is 9.97 Å². The number of rotatable bonds is 2. The highest BCUT2D eigenvalue weighted by molar-refractivity contribution is 5.96. The van der Waals surface area contributed by atoms with E-state index >= 15 is 0 Å². The second kappa shape index (κ2) is 4.00. The van der Waals surface area contributed by atoms with Crippen molar-refractivity contribution in [2.75, 3.05) is 0 Å². The van der Waals surface area contributed by atoms with Crippen molar-refractivity contribution in [3.8, 4) is 0 Å². The molecular weight excluding hydrogens is 208 g/mol. The van der Waals surface area contributed by atoms with E-state index in [-0.39, 0.29) is 11.1 Å². The first-order valence-electron chi connectivity index (χ1n) is 4.60. The molecule has 1 aromatic rings. The number of carbonyl (C=O) groups excluding carboxylic acids is 1. The predicted molar refractivity (Wildman–Crippen MR) is 55.4 cm³/mol. The molecule has 0 amide bonds. The number of allylic oxidation sites excluding steroid dienone is 3. The molecule has 80 valence electrons. The molecule has 1 aliphatic rings. The van der Waals surface area contributed by atoms with Crippen molar-refractivity contribution in [2.45, 2.75) is 5.92 Å². The molecule has 1 aliphatic carbocycles. The summed E-state index contributed by atoms with van der Waals surface area (Å²) in [6.07, 6.45) is 7.83. The van der Waals surface area contributed by atoms with Crippen LogP contribution in [0.1, 0.15) is 11.7 Å². The lowest BCUT2D eigenvalue weighted by atomic mass is 9.88. The van der Waals surface area contributed by atoms with Crippen LogP contribution in [0.2, 0.25) is 0 Å². The third kappa shape index (κ3) is 1.60. The molecule has 0 aliphatic heterocycles. The van der Waals surface area contributed by atoms with E-state index in [4.69, 9.17) is 5.11 Å². The van der Waals surface area contributed by atoms with Crippen LogP contribution in [0.5, 0.6) is 0 Å². The molecule has 0 spiro atoms. The molecule has 5 nitrogen and oxygen atoms in total. The highest BCUT2D eigenvalue weighted by atomic mass is 16.4. The molecule has 16 heavy (non-hydrogen) atoms. The summed E-state index contributed by atoms with van der Waals surface area (Å²) in [4.78, 5) is 28.6. The van der Waals surface area contributed by atoms with Gasteiger partial charge in [0.25, 0.3) is 0 Å². The number of carboxylic acid groups (broad SMARTS) is 1. The van der Waals surface area contributed by atoms with Crippen LogP contribution in [0.3, 0.4) is 0 Å². The van der Waals surface area contributed by atoms with Crippen LogP contribution in [0.25, 0.3) is 0 Å². The van der Waals surface area contributed by atoms with Crippen molar-refractivity contribution >= 4 is 11.9 Å². The fraction of sp³-hybridized carbons (Fsp3) is 0.0909. The lowest BCUT2D eigenvalue weighted by Gasteiger charge is -2.15. The maximum atomic E-state index is 10.9. The van der Waals surface area contributed by atoms with Crippen LogP contribution in [0.15, 0.2) is 41.8 Å². The molecule has 0 saturated carbocycles. The summed E-state index contributed by atoms with van der Waals surface area (Å²) in [7, 11) is 0. The van der Waals surface area contributed by atoms with Gasteiger partial charge in [0, 0.05) is 12.4 Å². The quantitative estimate of drug-likeness (QED) is 0.717. The number of carbonyl (C=O) groups is 1. The number of hydrogen-bond donors (Lipinski definition) is 2. The third-order valence-electron chi connectivity index (χ3n) is 2.32. The highest BCUT2D eigenvalue weighted by Gasteiger charge is 2.26. The Bertz CT molecular complexity index is 519. The zero-order chi connectivity index (χ0) is 11.5. The van der Waals surface area contributed by atoms with Gasteiger partial charge in [-0.15, -0.1) is 0 Å². The van der Waals surface area contributed by atoms with Crippen molar-refractivity contribution in [3.63, 3.8) is 0 Å². The van der Waals surface area contributed by atoms with E-state index in [0.717, 1.165) is 0 Å². The molecule has 0 bridgehead atoms. The number of aliphatic carboxylic acids is 1. The van der Waals surface area contributed by atoms with E-state index < -0.39 is 11.9 Å².